The van der Waals surface area contributed by atoms with Gasteiger partial charge in [0.2, 0.25) is 0 Å². The zero-order valence-corrected chi connectivity index (χ0v) is 6.25. The first-order chi connectivity index (χ1) is 5.95. The molecule has 0 amide bonds. The predicted octanol–water partition coefficient (Wildman–Crippen LogP) is 1.23. The second-order valence-electron chi connectivity index (χ2n) is 2.21. The summed E-state index contributed by atoms with van der Waals surface area (Å²) >= 11 is 0. The Hall–Kier alpha value is -1.58. The van der Waals surface area contributed by atoms with Crippen LogP contribution in [0.2, 0.25) is 0 Å². The van der Waals surface area contributed by atoms with E-state index in [4.69, 9.17) is 18.9 Å². The SMILES string of the molecule is C1=COC(C=CC2OC=CO2)O1. The third kappa shape index (κ3) is 1.53. The Morgan fingerprint density at radius 1 is 0.667 bits per heavy atom. The highest BCUT2D eigenvalue weighted by Crippen LogP contribution is 2.10. The van der Waals surface area contributed by atoms with Gasteiger partial charge in [-0.25, -0.2) is 0 Å². The van der Waals surface area contributed by atoms with Crippen LogP contribution in [0, 0.1) is 0 Å². The molecule has 0 fully saturated rings. The van der Waals surface area contributed by atoms with Gasteiger partial charge in [0.15, 0.2) is 0 Å². The summed E-state index contributed by atoms with van der Waals surface area (Å²) in [7, 11) is 0. The summed E-state index contributed by atoms with van der Waals surface area (Å²) in [6.07, 6.45) is 8.70. The summed E-state index contributed by atoms with van der Waals surface area (Å²) in [5.41, 5.74) is 0. The monoisotopic (exact) mass is 168 g/mol. The summed E-state index contributed by atoms with van der Waals surface area (Å²) in [6, 6.07) is 0. The number of hydrogen-bond acceptors (Lipinski definition) is 4. The lowest BCUT2D eigenvalue weighted by molar-refractivity contribution is 0.00463. The van der Waals surface area contributed by atoms with Crippen molar-refractivity contribution >= 4 is 0 Å². The molecule has 0 aromatic heterocycles. The van der Waals surface area contributed by atoms with Gasteiger partial charge in [0.1, 0.15) is 25.0 Å². The molecule has 0 spiro atoms. The van der Waals surface area contributed by atoms with Crippen LogP contribution in [-0.4, -0.2) is 12.6 Å². The summed E-state index contributed by atoms with van der Waals surface area (Å²) in [5.74, 6) is 0. The van der Waals surface area contributed by atoms with Gasteiger partial charge in [0, 0.05) is 0 Å². The van der Waals surface area contributed by atoms with E-state index in [1.807, 2.05) is 0 Å². The topological polar surface area (TPSA) is 36.9 Å². The molecule has 0 aromatic rings. The molecular formula is C8H8O4. The lowest BCUT2D eigenvalue weighted by Gasteiger charge is -2.06. The van der Waals surface area contributed by atoms with Crippen molar-refractivity contribution in [1.82, 2.24) is 0 Å². The fourth-order valence-electron chi connectivity index (χ4n) is 0.865. The van der Waals surface area contributed by atoms with Crippen molar-refractivity contribution in [2.45, 2.75) is 12.6 Å². The minimum Gasteiger partial charge on any atom is -0.456 e. The fourth-order valence-corrected chi connectivity index (χ4v) is 0.865. The van der Waals surface area contributed by atoms with Gasteiger partial charge < -0.3 is 18.9 Å². The highest BCUT2D eigenvalue weighted by Gasteiger charge is 2.11. The predicted molar refractivity (Wildman–Crippen MR) is 39.3 cm³/mol. The van der Waals surface area contributed by atoms with Crippen molar-refractivity contribution < 1.29 is 18.9 Å². The lowest BCUT2D eigenvalue weighted by atomic mass is 10.5. The number of rotatable bonds is 2. The molecule has 64 valence electrons. The van der Waals surface area contributed by atoms with Crippen LogP contribution in [0.1, 0.15) is 0 Å². The largest absolute Gasteiger partial charge is 0.456 e. The van der Waals surface area contributed by atoms with E-state index in [1.165, 1.54) is 25.0 Å². The van der Waals surface area contributed by atoms with Gasteiger partial charge in [0.25, 0.3) is 12.6 Å². The van der Waals surface area contributed by atoms with Gasteiger partial charge in [-0.3, -0.25) is 0 Å². The van der Waals surface area contributed by atoms with Crippen LogP contribution in [-0.2, 0) is 18.9 Å². The normalized spacial score (nSPS) is 22.3. The minimum atomic E-state index is -0.349. The average Bonchev–Trinajstić information content (AvgIpc) is 2.74. The molecule has 2 aliphatic heterocycles. The maximum absolute atomic E-state index is 4.99. The van der Waals surface area contributed by atoms with Crippen LogP contribution in [0.15, 0.2) is 37.2 Å². The zero-order chi connectivity index (χ0) is 8.23. The van der Waals surface area contributed by atoms with E-state index in [9.17, 15) is 0 Å². The Kier molecular flexibility index (Phi) is 1.90. The molecule has 0 saturated heterocycles. The molecule has 0 N–H and O–H groups in total. The molecule has 12 heavy (non-hydrogen) atoms. The van der Waals surface area contributed by atoms with Crippen LogP contribution in [0.5, 0.6) is 0 Å². The highest BCUT2D eigenvalue weighted by atomic mass is 16.7. The third-order valence-corrected chi connectivity index (χ3v) is 1.39. The van der Waals surface area contributed by atoms with Gasteiger partial charge >= 0.3 is 0 Å². The molecule has 0 bridgehead atoms. The van der Waals surface area contributed by atoms with Crippen molar-refractivity contribution in [1.29, 1.82) is 0 Å². The Bertz CT molecular complexity index is 191. The molecule has 2 aliphatic rings. The number of ether oxygens (including phenoxy) is 4. The second kappa shape index (κ2) is 3.21. The molecule has 0 aromatic carbocycles. The van der Waals surface area contributed by atoms with Gasteiger partial charge in [-0.1, -0.05) is 0 Å². The van der Waals surface area contributed by atoms with Crippen LogP contribution < -0.4 is 0 Å². The molecule has 4 nitrogen and oxygen atoms in total. The van der Waals surface area contributed by atoms with E-state index < -0.39 is 0 Å². The van der Waals surface area contributed by atoms with E-state index in [-0.39, 0.29) is 12.6 Å². The molecule has 0 atom stereocenters. The third-order valence-electron chi connectivity index (χ3n) is 1.39. The molecular weight excluding hydrogens is 160 g/mol. The van der Waals surface area contributed by atoms with Crippen molar-refractivity contribution in [2.75, 3.05) is 0 Å². The Morgan fingerprint density at radius 3 is 1.33 bits per heavy atom. The minimum absolute atomic E-state index is 0.349. The average molecular weight is 168 g/mol. The lowest BCUT2D eigenvalue weighted by Crippen LogP contribution is -2.07. The van der Waals surface area contributed by atoms with E-state index in [1.54, 1.807) is 12.2 Å². The molecule has 0 saturated carbocycles. The van der Waals surface area contributed by atoms with E-state index in [2.05, 4.69) is 0 Å². The van der Waals surface area contributed by atoms with E-state index in [0.717, 1.165) is 0 Å². The van der Waals surface area contributed by atoms with Crippen LogP contribution >= 0.6 is 0 Å². The molecule has 0 radical (unpaired) electrons. The molecule has 2 heterocycles. The highest BCUT2D eigenvalue weighted by molar-refractivity contribution is 4.94. The smallest absolute Gasteiger partial charge is 0.259 e. The Labute approximate surface area is 69.7 Å². The Balaban J connectivity index is 1.77. The Morgan fingerprint density at radius 2 is 1.00 bits per heavy atom. The van der Waals surface area contributed by atoms with Crippen LogP contribution in [0.25, 0.3) is 0 Å². The maximum atomic E-state index is 4.99. The van der Waals surface area contributed by atoms with Crippen molar-refractivity contribution in [3.05, 3.63) is 37.2 Å². The standard InChI is InChI=1S/C8H8O4/c1(7-9-3-4-10-7)2-8-11-5-6-12-8/h1-8H. The van der Waals surface area contributed by atoms with Crippen molar-refractivity contribution in [3.63, 3.8) is 0 Å². The number of hydrogen-bond donors (Lipinski definition) is 0. The molecule has 4 heteroatoms. The molecule has 0 aliphatic carbocycles. The van der Waals surface area contributed by atoms with Gasteiger partial charge in [-0.2, -0.15) is 0 Å². The van der Waals surface area contributed by atoms with Gasteiger partial charge in [-0.15, -0.1) is 0 Å². The first-order valence-electron chi connectivity index (χ1n) is 3.55. The molecule has 2 rings (SSSR count). The fraction of sp³-hybridized carbons (Fsp3) is 0.250. The first-order valence-corrected chi connectivity index (χ1v) is 3.55. The molecule has 0 unspecified atom stereocenters. The summed E-state index contributed by atoms with van der Waals surface area (Å²) in [6.45, 7) is 0. The summed E-state index contributed by atoms with van der Waals surface area (Å²) < 4.78 is 20.0. The van der Waals surface area contributed by atoms with Gasteiger partial charge in [-0.05, 0) is 12.2 Å². The zero-order valence-electron chi connectivity index (χ0n) is 6.25. The van der Waals surface area contributed by atoms with Gasteiger partial charge in [0.05, 0.1) is 0 Å². The van der Waals surface area contributed by atoms with Crippen LogP contribution in [0.3, 0.4) is 0 Å². The van der Waals surface area contributed by atoms with Crippen molar-refractivity contribution in [3.8, 4) is 0 Å². The summed E-state index contributed by atoms with van der Waals surface area (Å²) in [5, 5.41) is 0. The van der Waals surface area contributed by atoms with Crippen LogP contribution in [0.4, 0.5) is 0 Å². The second-order valence-corrected chi connectivity index (χ2v) is 2.21. The first kappa shape index (κ1) is 7.09. The van der Waals surface area contributed by atoms with E-state index >= 15 is 0 Å². The van der Waals surface area contributed by atoms with Crippen molar-refractivity contribution in [2.24, 2.45) is 0 Å². The quantitative estimate of drug-likeness (QED) is 0.581. The summed E-state index contributed by atoms with van der Waals surface area (Å²) in [4.78, 5) is 0. The maximum Gasteiger partial charge on any atom is 0.259 e. The van der Waals surface area contributed by atoms with E-state index in [0.29, 0.717) is 0 Å².